The first-order valence-electron chi connectivity index (χ1n) is 6.16. The molecule has 0 spiro atoms. The summed E-state index contributed by atoms with van der Waals surface area (Å²) in [5.41, 5.74) is 7.51. The molecule has 2 rings (SSSR count). The molecule has 1 heterocycles. The molecule has 0 aromatic carbocycles. The van der Waals surface area contributed by atoms with Crippen LogP contribution in [-0.4, -0.2) is 28.4 Å². The number of nitrogen functional groups attached to an aromatic ring is 1. The third kappa shape index (κ3) is 2.96. The van der Waals surface area contributed by atoms with Crippen molar-refractivity contribution in [1.29, 1.82) is 0 Å². The van der Waals surface area contributed by atoms with Crippen LogP contribution in [0.3, 0.4) is 0 Å². The average molecular weight is 265 g/mol. The SMILES string of the molecule is CSC1CCC(NC(=O)c2cc(N)cnc2C)C1. The van der Waals surface area contributed by atoms with E-state index in [9.17, 15) is 4.79 Å². The Kier molecular flexibility index (Phi) is 4.11. The molecular weight excluding hydrogens is 246 g/mol. The molecular formula is C13H19N3OS. The van der Waals surface area contributed by atoms with Gasteiger partial charge in [-0.3, -0.25) is 9.78 Å². The van der Waals surface area contributed by atoms with Crippen molar-refractivity contribution in [2.75, 3.05) is 12.0 Å². The molecule has 5 heteroatoms. The van der Waals surface area contributed by atoms with E-state index in [1.165, 1.54) is 6.42 Å². The van der Waals surface area contributed by atoms with Crippen LogP contribution in [0, 0.1) is 6.92 Å². The van der Waals surface area contributed by atoms with E-state index in [1.807, 2.05) is 18.7 Å². The molecule has 0 saturated heterocycles. The van der Waals surface area contributed by atoms with Crippen LogP contribution in [0.25, 0.3) is 0 Å². The fourth-order valence-electron chi connectivity index (χ4n) is 2.33. The molecule has 0 aliphatic heterocycles. The van der Waals surface area contributed by atoms with E-state index in [0.717, 1.165) is 18.5 Å². The van der Waals surface area contributed by atoms with Crippen LogP contribution in [0.1, 0.15) is 35.3 Å². The molecule has 1 aromatic rings. The second kappa shape index (κ2) is 5.61. The van der Waals surface area contributed by atoms with Crippen LogP contribution < -0.4 is 11.1 Å². The zero-order valence-corrected chi connectivity index (χ0v) is 11.6. The first-order chi connectivity index (χ1) is 8.60. The van der Waals surface area contributed by atoms with Crippen LogP contribution in [0.5, 0.6) is 0 Å². The van der Waals surface area contributed by atoms with Crippen molar-refractivity contribution in [3.63, 3.8) is 0 Å². The van der Waals surface area contributed by atoms with Crippen LogP contribution >= 0.6 is 11.8 Å². The minimum atomic E-state index is -0.0564. The fourth-order valence-corrected chi connectivity index (χ4v) is 3.12. The van der Waals surface area contributed by atoms with E-state index in [1.54, 1.807) is 12.3 Å². The predicted molar refractivity (Wildman–Crippen MR) is 75.8 cm³/mol. The quantitative estimate of drug-likeness (QED) is 0.877. The molecule has 98 valence electrons. The first kappa shape index (κ1) is 13.2. The summed E-state index contributed by atoms with van der Waals surface area (Å²) in [5, 5.41) is 3.76. The number of nitrogens with two attached hydrogens (primary N) is 1. The van der Waals surface area contributed by atoms with Gasteiger partial charge in [0, 0.05) is 11.3 Å². The maximum absolute atomic E-state index is 12.2. The minimum absolute atomic E-state index is 0.0564. The number of hydrogen-bond donors (Lipinski definition) is 2. The number of aryl methyl sites for hydroxylation is 1. The van der Waals surface area contributed by atoms with E-state index >= 15 is 0 Å². The Morgan fingerprint density at radius 2 is 2.33 bits per heavy atom. The molecule has 1 aliphatic rings. The molecule has 0 bridgehead atoms. The number of carbonyl (C=O) groups is 1. The Balaban J connectivity index is 2.02. The molecule has 2 atom stereocenters. The van der Waals surface area contributed by atoms with Gasteiger partial charge >= 0.3 is 0 Å². The lowest BCUT2D eigenvalue weighted by atomic mass is 10.1. The molecule has 2 unspecified atom stereocenters. The van der Waals surface area contributed by atoms with Gasteiger partial charge in [0.2, 0.25) is 0 Å². The van der Waals surface area contributed by atoms with Crippen molar-refractivity contribution in [1.82, 2.24) is 10.3 Å². The van der Waals surface area contributed by atoms with Gasteiger partial charge in [0.05, 0.1) is 23.1 Å². The Morgan fingerprint density at radius 1 is 1.56 bits per heavy atom. The number of rotatable bonds is 3. The normalized spacial score (nSPS) is 23.0. The topological polar surface area (TPSA) is 68.0 Å². The van der Waals surface area contributed by atoms with Gasteiger partial charge in [0.1, 0.15) is 0 Å². The van der Waals surface area contributed by atoms with Gasteiger partial charge in [-0.1, -0.05) is 0 Å². The Labute approximate surface area is 112 Å². The number of hydrogen-bond acceptors (Lipinski definition) is 4. The van der Waals surface area contributed by atoms with E-state index in [-0.39, 0.29) is 11.9 Å². The summed E-state index contributed by atoms with van der Waals surface area (Å²) >= 11 is 1.88. The number of pyridine rings is 1. The Morgan fingerprint density at radius 3 is 3.00 bits per heavy atom. The van der Waals surface area contributed by atoms with E-state index in [0.29, 0.717) is 16.5 Å². The highest BCUT2D eigenvalue weighted by atomic mass is 32.2. The summed E-state index contributed by atoms with van der Waals surface area (Å²) in [4.78, 5) is 16.3. The molecule has 1 aromatic heterocycles. The van der Waals surface area contributed by atoms with Crippen LogP contribution in [0.15, 0.2) is 12.3 Å². The summed E-state index contributed by atoms with van der Waals surface area (Å²) in [6.45, 7) is 1.83. The number of carbonyl (C=O) groups excluding carboxylic acids is 1. The second-order valence-corrected chi connectivity index (χ2v) is 5.88. The average Bonchev–Trinajstić information content (AvgIpc) is 2.80. The third-order valence-corrected chi connectivity index (χ3v) is 4.50. The largest absolute Gasteiger partial charge is 0.397 e. The Hall–Kier alpha value is -1.23. The number of amides is 1. The number of thioether (sulfide) groups is 1. The highest BCUT2D eigenvalue weighted by molar-refractivity contribution is 7.99. The molecule has 3 N–H and O–H groups in total. The molecule has 1 amide bonds. The second-order valence-electron chi connectivity index (χ2n) is 4.74. The van der Waals surface area contributed by atoms with Crippen molar-refractivity contribution >= 4 is 23.4 Å². The summed E-state index contributed by atoms with van der Waals surface area (Å²) in [6.07, 6.45) is 7.00. The molecule has 1 aliphatic carbocycles. The fraction of sp³-hybridized carbons (Fsp3) is 0.538. The molecule has 1 fully saturated rings. The lowest BCUT2D eigenvalue weighted by Crippen LogP contribution is -2.33. The lowest BCUT2D eigenvalue weighted by Gasteiger charge is -2.14. The van der Waals surface area contributed by atoms with Crippen molar-refractivity contribution in [2.24, 2.45) is 0 Å². The number of aromatic nitrogens is 1. The van der Waals surface area contributed by atoms with Crippen molar-refractivity contribution in [3.8, 4) is 0 Å². The molecule has 18 heavy (non-hydrogen) atoms. The van der Waals surface area contributed by atoms with Gasteiger partial charge < -0.3 is 11.1 Å². The van der Waals surface area contributed by atoms with E-state index in [2.05, 4.69) is 16.6 Å². The maximum Gasteiger partial charge on any atom is 0.253 e. The van der Waals surface area contributed by atoms with Crippen LogP contribution in [0.4, 0.5) is 5.69 Å². The van der Waals surface area contributed by atoms with Gasteiger partial charge in [0.15, 0.2) is 0 Å². The van der Waals surface area contributed by atoms with E-state index < -0.39 is 0 Å². The van der Waals surface area contributed by atoms with Gasteiger partial charge in [-0.05, 0) is 38.5 Å². The highest BCUT2D eigenvalue weighted by Crippen LogP contribution is 2.28. The summed E-state index contributed by atoms with van der Waals surface area (Å²) < 4.78 is 0. The van der Waals surface area contributed by atoms with Crippen LogP contribution in [-0.2, 0) is 0 Å². The van der Waals surface area contributed by atoms with Crippen LogP contribution in [0.2, 0.25) is 0 Å². The summed E-state index contributed by atoms with van der Waals surface area (Å²) in [5.74, 6) is -0.0564. The maximum atomic E-state index is 12.2. The smallest absolute Gasteiger partial charge is 0.253 e. The standard InChI is InChI=1S/C13H19N3OS/c1-8-12(5-9(14)7-15-8)13(17)16-10-3-4-11(6-10)18-2/h5,7,10-11H,3-4,6,14H2,1-2H3,(H,16,17). The monoisotopic (exact) mass is 265 g/mol. The molecule has 1 saturated carbocycles. The first-order valence-corrected chi connectivity index (χ1v) is 7.44. The summed E-state index contributed by atoms with van der Waals surface area (Å²) in [7, 11) is 0. The van der Waals surface area contributed by atoms with Crippen molar-refractivity contribution in [3.05, 3.63) is 23.5 Å². The van der Waals surface area contributed by atoms with Gasteiger partial charge in [0.25, 0.3) is 5.91 Å². The summed E-state index contributed by atoms with van der Waals surface area (Å²) in [6, 6.07) is 1.98. The third-order valence-electron chi connectivity index (χ3n) is 3.41. The zero-order chi connectivity index (χ0) is 13.1. The minimum Gasteiger partial charge on any atom is -0.397 e. The Bertz CT molecular complexity index is 450. The van der Waals surface area contributed by atoms with E-state index in [4.69, 9.17) is 5.73 Å². The zero-order valence-electron chi connectivity index (χ0n) is 10.8. The number of nitrogens with one attached hydrogen (secondary N) is 1. The molecule has 4 nitrogen and oxygen atoms in total. The van der Waals surface area contributed by atoms with Crippen molar-refractivity contribution in [2.45, 2.75) is 37.5 Å². The number of nitrogens with zero attached hydrogens (tertiary/aromatic N) is 1. The highest BCUT2D eigenvalue weighted by Gasteiger charge is 2.25. The van der Waals surface area contributed by atoms with Gasteiger partial charge in [-0.2, -0.15) is 11.8 Å². The lowest BCUT2D eigenvalue weighted by molar-refractivity contribution is 0.0937. The van der Waals surface area contributed by atoms with Gasteiger partial charge in [-0.15, -0.1) is 0 Å². The van der Waals surface area contributed by atoms with Crippen molar-refractivity contribution < 1.29 is 4.79 Å². The number of anilines is 1. The predicted octanol–water partition coefficient (Wildman–Crippen LogP) is 1.99. The van der Waals surface area contributed by atoms with Gasteiger partial charge in [-0.25, -0.2) is 0 Å². The molecule has 0 radical (unpaired) electrons.